The Labute approximate surface area is 252 Å². The van der Waals surface area contributed by atoms with Crippen molar-refractivity contribution in [2.75, 3.05) is 33.1 Å². The molecule has 1 saturated carbocycles. The number of ether oxygens (including phenoxy) is 2. The summed E-state index contributed by atoms with van der Waals surface area (Å²) in [5.74, 6) is -1.11. The van der Waals surface area contributed by atoms with E-state index in [1.807, 2.05) is 6.92 Å². The number of carbonyl (C=O) groups is 4. The molecule has 0 bridgehead atoms. The van der Waals surface area contributed by atoms with Crippen LogP contribution < -0.4 is 20.9 Å². The molecule has 4 amide bonds. The molecule has 234 valence electrons. The Bertz CT molecular complexity index is 1410. The highest BCUT2D eigenvalue weighted by Crippen LogP contribution is 2.50. The first-order valence-electron chi connectivity index (χ1n) is 14.2. The van der Waals surface area contributed by atoms with Gasteiger partial charge in [0.15, 0.2) is 0 Å². The number of H-pyrrole nitrogens is 1. The van der Waals surface area contributed by atoms with Crippen molar-refractivity contribution in [2.45, 2.75) is 71.6 Å². The normalized spacial score (nSPS) is 15.0. The van der Waals surface area contributed by atoms with Crippen LogP contribution in [-0.2, 0) is 14.3 Å². The van der Waals surface area contributed by atoms with Gasteiger partial charge in [-0.1, -0.05) is 19.1 Å². The van der Waals surface area contributed by atoms with E-state index in [4.69, 9.17) is 9.47 Å². The molecule has 1 aliphatic rings. The fourth-order valence-electron chi connectivity index (χ4n) is 4.78. The van der Waals surface area contributed by atoms with E-state index in [0.717, 1.165) is 6.07 Å². The summed E-state index contributed by atoms with van der Waals surface area (Å²) in [5.41, 5.74) is -1.00. The summed E-state index contributed by atoms with van der Waals surface area (Å²) >= 11 is 0. The standard InChI is InChI=1S/C31H43N5O7/c1-19-17-20(18-23(37)32-19)28(40)36(16-13-24(38)35(6)7)25(27(39)33-21-11-9-10-12-22(21)42-8)26(31(5)14-15-31)34-29(41)43-30(2,3)4/h9-12,17-18,25-26H,13-16H2,1-8H3,(H,32,37)(H,33,39)(H,34,41). The minimum absolute atomic E-state index is 0.0469. The van der Waals surface area contributed by atoms with Gasteiger partial charge in [0.25, 0.3) is 5.91 Å². The Kier molecular flexibility index (Phi) is 10.3. The number of alkyl carbamates (subject to hydrolysis) is 1. The second-order valence-electron chi connectivity index (χ2n) is 12.4. The van der Waals surface area contributed by atoms with Crippen LogP contribution in [0.2, 0.25) is 0 Å². The van der Waals surface area contributed by atoms with E-state index in [0.29, 0.717) is 30.0 Å². The molecule has 0 saturated heterocycles. The van der Waals surface area contributed by atoms with E-state index in [2.05, 4.69) is 15.6 Å². The third kappa shape index (κ3) is 8.82. The van der Waals surface area contributed by atoms with Crippen LogP contribution >= 0.6 is 0 Å². The second kappa shape index (κ2) is 13.3. The largest absolute Gasteiger partial charge is 0.495 e. The number of methoxy groups -OCH3 is 1. The Balaban J connectivity index is 2.17. The van der Waals surface area contributed by atoms with Crippen molar-refractivity contribution in [2.24, 2.45) is 5.41 Å². The van der Waals surface area contributed by atoms with Crippen LogP contribution in [0.3, 0.4) is 0 Å². The first kappa shape index (κ1) is 33.2. The minimum Gasteiger partial charge on any atom is -0.495 e. The highest BCUT2D eigenvalue weighted by molar-refractivity contribution is 6.02. The number of benzene rings is 1. The molecule has 2 unspecified atom stereocenters. The first-order valence-corrected chi connectivity index (χ1v) is 14.2. The van der Waals surface area contributed by atoms with Gasteiger partial charge >= 0.3 is 6.09 Å². The van der Waals surface area contributed by atoms with Gasteiger partial charge in [-0.05, 0) is 64.2 Å². The van der Waals surface area contributed by atoms with Gasteiger partial charge in [0.05, 0.1) is 18.8 Å². The Morgan fingerprint density at radius 2 is 1.74 bits per heavy atom. The predicted octanol–water partition coefficient (Wildman–Crippen LogP) is 3.31. The minimum atomic E-state index is -1.30. The van der Waals surface area contributed by atoms with Crippen LogP contribution in [0.15, 0.2) is 41.2 Å². The average molecular weight is 598 g/mol. The van der Waals surface area contributed by atoms with Crippen molar-refractivity contribution in [3.63, 3.8) is 0 Å². The highest BCUT2D eigenvalue weighted by atomic mass is 16.6. The maximum Gasteiger partial charge on any atom is 0.407 e. The van der Waals surface area contributed by atoms with Gasteiger partial charge in [0, 0.05) is 44.4 Å². The second-order valence-corrected chi connectivity index (χ2v) is 12.4. The number of nitrogens with zero attached hydrogens (tertiary/aromatic N) is 2. The average Bonchev–Trinajstić information content (AvgIpc) is 3.66. The molecule has 3 N–H and O–H groups in total. The van der Waals surface area contributed by atoms with Crippen LogP contribution in [0, 0.1) is 12.3 Å². The molecule has 1 fully saturated rings. The van der Waals surface area contributed by atoms with Crippen molar-refractivity contribution in [3.05, 3.63) is 58.0 Å². The fourth-order valence-corrected chi connectivity index (χ4v) is 4.78. The van der Waals surface area contributed by atoms with Gasteiger partial charge < -0.3 is 34.9 Å². The van der Waals surface area contributed by atoms with Gasteiger partial charge in [-0.3, -0.25) is 19.2 Å². The number of para-hydroxylation sites is 2. The van der Waals surface area contributed by atoms with Gasteiger partial charge in [0.1, 0.15) is 17.4 Å². The lowest BCUT2D eigenvalue weighted by atomic mass is 9.89. The topological polar surface area (TPSA) is 150 Å². The summed E-state index contributed by atoms with van der Waals surface area (Å²) in [4.78, 5) is 72.0. The third-order valence-corrected chi connectivity index (χ3v) is 7.30. The summed E-state index contributed by atoms with van der Waals surface area (Å²) < 4.78 is 11.0. The van der Waals surface area contributed by atoms with Crippen molar-refractivity contribution in [1.29, 1.82) is 0 Å². The number of nitrogens with one attached hydrogen (secondary N) is 3. The summed E-state index contributed by atoms with van der Waals surface area (Å²) in [6, 6.07) is 7.28. The molecule has 1 heterocycles. The van der Waals surface area contributed by atoms with E-state index in [9.17, 15) is 24.0 Å². The zero-order chi connectivity index (χ0) is 32.1. The molecule has 3 rings (SSSR count). The van der Waals surface area contributed by atoms with Gasteiger partial charge in [-0.25, -0.2) is 4.79 Å². The van der Waals surface area contributed by atoms with E-state index >= 15 is 0 Å². The molecule has 2 aromatic rings. The highest BCUT2D eigenvalue weighted by Gasteiger charge is 2.53. The number of aromatic amines is 1. The van der Waals surface area contributed by atoms with Gasteiger partial charge in [-0.15, -0.1) is 0 Å². The monoisotopic (exact) mass is 597 g/mol. The van der Waals surface area contributed by atoms with E-state index < -0.39 is 46.6 Å². The smallest absolute Gasteiger partial charge is 0.407 e. The van der Waals surface area contributed by atoms with Crippen LogP contribution in [-0.4, -0.2) is 84.0 Å². The molecule has 0 aliphatic heterocycles. The number of hydrogen-bond acceptors (Lipinski definition) is 7. The number of carbonyl (C=O) groups excluding carboxylic acids is 4. The number of amides is 4. The van der Waals surface area contributed by atoms with Crippen molar-refractivity contribution in [3.8, 4) is 5.75 Å². The van der Waals surface area contributed by atoms with Crippen molar-refractivity contribution >= 4 is 29.5 Å². The lowest BCUT2D eigenvalue weighted by Gasteiger charge is -2.39. The molecule has 1 aromatic heterocycles. The first-order chi connectivity index (χ1) is 20.0. The lowest BCUT2D eigenvalue weighted by molar-refractivity contribution is -0.130. The van der Waals surface area contributed by atoms with Gasteiger partial charge in [0.2, 0.25) is 17.4 Å². The summed E-state index contributed by atoms with van der Waals surface area (Å²) in [6.45, 7) is 8.58. The number of hydrogen-bond donors (Lipinski definition) is 3. The third-order valence-electron chi connectivity index (χ3n) is 7.30. The van der Waals surface area contributed by atoms with Gasteiger partial charge in [-0.2, -0.15) is 0 Å². The van der Waals surface area contributed by atoms with E-state index in [1.165, 1.54) is 23.0 Å². The fraction of sp³-hybridized carbons (Fsp3) is 0.516. The molecule has 43 heavy (non-hydrogen) atoms. The Morgan fingerprint density at radius 3 is 2.30 bits per heavy atom. The van der Waals surface area contributed by atoms with Crippen molar-refractivity contribution in [1.82, 2.24) is 20.1 Å². The van der Waals surface area contributed by atoms with Crippen LogP contribution in [0.1, 0.15) is 63.0 Å². The maximum absolute atomic E-state index is 14.3. The zero-order valence-electron chi connectivity index (χ0n) is 26.2. The molecule has 0 radical (unpaired) electrons. The predicted molar refractivity (Wildman–Crippen MR) is 162 cm³/mol. The summed E-state index contributed by atoms with van der Waals surface area (Å²) in [6.07, 6.45) is 0.503. The molecule has 1 aromatic carbocycles. The number of aromatic nitrogens is 1. The molecular weight excluding hydrogens is 554 g/mol. The van der Waals surface area contributed by atoms with E-state index in [-0.39, 0.29) is 24.4 Å². The van der Waals surface area contributed by atoms with Crippen LogP contribution in [0.5, 0.6) is 5.75 Å². The molecule has 1 aliphatic carbocycles. The quantitative estimate of drug-likeness (QED) is 0.360. The molecule has 12 heteroatoms. The maximum atomic E-state index is 14.3. The molecular formula is C31H43N5O7. The Hall–Kier alpha value is -4.35. The summed E-state index contributed by atoms with van der Waals surface area (Å²) in [7, 11) is 4.66. The number of anilines is 1. The molecule has 0 spiro atoms. The van der Waals surface area contributed by atoms with E-state index in [1.54, 1.807) is 66.1 Å². The Morgan fingerprint density at radius 1 is 1.09 bits per heavy atom. The van der Waals surface area contributed by atoms with Crippen LogP contribution in [0.4, 0.5) is 10.5 Å². The number of pyridine rings is 1. The molecule has 12 nitrogen and oxygen atoms in total. The molecule has 2 atom stereocenters. The number of rotatable bonds is 11. The SMILES string of the molecule is COc1ccccc1NC(=O)C(C(NC(=O)OC(C)(C)C)C1(C)CC1)N(CCC(=O)N(C)C)C(=O)c1cc(C)[nH]c(=O)c1. The lowest BCUT2D eigenvalue weighted by Crippen LogP contribution is -2.62. The van der Waals surface area contributed by atoms with Crippen LogP contribution in [0.25, 0.3) is 0 Å². The summed E-state index contributed by atoms with van der Waals surface area (Å²) in [5, 5.41) is 5.75. The van der Waals surface area contributed by atoms with Crippen molar-refractivity contribution < 1.29 is 28.7 Å². The zero-order valence-corrected chi connectivity index (χ0v) is 26.2. The number of aryl methyl sites for hydroxylation is 1.